The molecule has 1 rings (SSSR count). The van der Waals surface area contributed by atoms with E-state index in [0.29, 0.717) is 12.1 Å². The molecule has 0 aromatic heterocycles. The predicted octanol–water partition coefficient (Wildman–Crippen LogP) is 3.29. The Hall–Kier alpha value is -1.12. The summed E-state index contributed by atoms with van der Waals surface area (Å²) in [6.07, 6.45) is -0.403. The van der Waals surface area contributed by atoms with Crippen LogP contribution in [0.5, 0.6) is 0 Å². The van der Waals surface area contributed by atoms with Gasteiger partial charge in [0.2, 0.25) is 0 Å². The fourth-order valence-electron chi connectivity index (χ4n) is 1.21. The summed E-state index contributed by atoms with van der Waals surface area (Å²) < 4.78 is 25.8. The van der Waals surface area contributed by atoms with Crippen molar-refractivity contribution in [3.63, 3.8) is 0 Å². The van der Waals surface area contributed by atoms with Crippen molar-refractivity contribution in [1.29, 1.82) is 0 Å². The number of halogens is 2. The molecule has 0 amide bonds. The van der Waals surface area contributed by atoms with Gasteiger partial charge in [-0.25, -0.2) is 8.78 Å². The van der Waals surface area contributed by atoms with Crippen LogP contribution in [0, 0.1) is 12.7 Å². The first-order chi connectivity index (χ1) is 6.61. The van der Waals surface area contributed by atoms with Crippen LogP contribution in [0.25, 0.3) is 0 Å². The van der Waals surface area contributed by atoms with Gasteiger partial charge in [0, 0.05) is 12.2 Å². The Bertz CT molecular complexity index is 279. The lowest BCUT2D eigenvalue weighted by Gasteiger charge is -2.09. The van der Waals surface area contributed by atoms with E-state index in [4.69, 9.17) is 0 Å². The molecule has 0 radical (unpaired) electrons. The Balaban J connectivity index is 2.58. The van der Waals surface area contributed by atoms with Gasteiger partial charge in [-0.1, -0.05) is 6.92 Å². The molecule has 78 valence electrons. The molecular weight excluding hydrogens is 184 g/mol. The van der Waals surface area contributed by atoms with Crippen molar-refractivity contribution in [2.75, 3.05) is 11.9 Å². The first kappa shape index (κ1) is 11.0. The summed E-state index contributed by atoms with van der Waals surface area (Å²) in [4.78, 5) is 0. The lowest BCUT2D eigenvalue weighted by atomic mass is 10.2. The van der Waals surface area contributed by atoms with Gasteiger partial charge in [-0.15, -0.1) is 0 Å². The van der Waals surface area contributed by atoms with Crippen LogP contribution in [0.4, 0.5) is 14.5 Å². The second-order valence-electron chi connectivity index (χ2n) is 3.40. The Kier molecular flexibility index (Phi) is 3.86. The number of hydrogen-bond acceptors (Lipinski definition) is 1. The first-order valence-electron chi connectivity index (χ1n) is 4.77. The summed E-state index contributed by atoms with van der Waals surface area (Å²) in [5.41, 5.74) is 1.47. The number of aryl methyl sites for hydroxylation is 1. The van der Waals surface area contributed by atoms with Gasteiger partial charge in [-0.3, -0.25) is 0 Å². The van der Waals surface area contributed by atoms with Crippen molar-refractivity contribution in [3.05, 3.63) is 29.6 Å². The van der Waals surface area contributed by atoms with Crippen molar-refractivity contribution in [3.8, 4) is 0 Å². The van der Waals surface area contributed by atoms with Crippen LogP contribution in [0.1, 0.15) is 18.9 Å². The number of nitrogens with one attached hydrogen (secondary N) is 1. The molecule has 0 aliphatic heterocycles. The number of rotatable bonds is 4. The normalized spacial score (nSPS) is 12.6. The van der Waals surface area contributed by atoms with Crippen LogP contribution >= 0.6 is 0 Å². The quantitative estimate of drug-likeness (QED) is 0.784. The minimum absolute atomic E-state index is 0.236. The molecule has 14 heavy (non-hydrogen) atoms. The zero-order valence-corrected chi connectivity index (χ0v) is 8.48. The van der Waals surface area contributed by atoms with E-state index in [0.717, 1.165) is 5.56 Å². The van der Waals surface area contributed by atoms with E-state index in [2.05, 4.69) is 5.32 Å². The van der Waals surface area contributed by atoms with E-state index in [1.54, 1.807) is 19.9 Å². The van der Waals surface area contributed by atoms with Crippen LogP contribution in [0.15, 0.2) is 18.2 Å². The van der Waals surface area contributed by atoms with Gasteiger partial charge in [0.25, 0.3) is 0 Å². The SMILES string of the molecule is CCC(F)CNc1cc(C)cc(F)c1. The van der Waals surface area contributed by atoms with Gasteiger partial charge in [-0.05, 0) is 37.1 Å². The summed E-state index contributed by atoms with van der Waals surface area (Å²) in [6.45, 7) is 3.82. The molecule has 3 heteroatoms. The van der Waals surface area contributed by atoms with E-state index < -0.39 is 6.17 Å². The summed E-state index contributed by atoms with van der Waals surface area (Å²) in [6, 6.07) is 4.61. The summed E-state index contributed by atoms with van der Waals surface area (Å²) in [5, 5.41) is 2.86. The van der Waals surface area contributed by atoms with Crippen molar-refractivity contribution < 1.29 is 8.78 Å². The van der Waals surface area contributed by atoms with Crippen molar-refractivity contribution in [1.82, 2.24) is 0 Å². The molecule has 0 saturated heterocycles. The molecule has 0 saturated carbocycles. The third-order valence-corrected chi connectivity index (χ3v) is 2.01. The smallest absolute Gasteiger partial charge is 0.125 e. The van der Waals surface area contributed by atoms with Crippen molar-refractivity contribution >= 4 is 5.69 Å². The average Bonchev–Trinajstić information content (AvgIpc) is 2.12. The topological polar surface area (TPSA) is 12.0 Å². The van der Waals surface area contributed by atoms with E-state index in [-0.39, 0.29) is 12.4 Å². The van der Waals surface area contributed by atoms with E-state index in [1.807, 2.05) is 0 Å². The minimum atomic E-state index is -0.876. The molecule has 0 heterocycles. The van der Waals surface area contributed by atoms with Crippen molar-refractivity contribution in [2.45, 2.75) is 26.4 Å². The maximum absolute atomic E-state index is 12.9. The van der Waals surface area contributed by atoms with Crippen LogP contribution in [0.3, 0.4) is 0 Å². The highest BCUT2D eigenvalue weighted by Crippen LogP contribution is 2.13. The van der Waals surface area contributed by atoms with Gasteiger partial charge >= 0.3 is 0 Å². The lowest BCUT2D eigenvalue weighted by Crippen LogP contribution is -2.14. The van der Waals surface area contributed by atoms with Gasteiger partial charge < -0.3 is 5.32 Å². The van der Waals surface area contributed by atoms with Crippen LogP contribution < -0.4 is 5.32 Å². The molecule has 0 aliphatic carbocycles. The maximum Gasteiger partial charge on any atom is 0.125 e. The number of alkyl halides is 1. The molecule has 0 aliphatic rings. The molecule has 1 aromatic carbocycles. The Labute approximate surface area is 83.1 Å². The fraction of sp³-hybridized carbons (Fsp3) is 0.455. The van der Waals surface area contributed by atoms with E-state index in [1.165, 1.54) is 12.1 Å². The van der Waals surface area contributed by atoms with Crippen LogP contribution in [0.2, 0.25) is 0 Å². The molecule has 0 bridgehead atoms. The highest BCUT2D eigenvalue weighted by atomic mass is 19.1. The molecule has 0 fully saturated rings. The summed E-state index contributed by atoms with van der Waals surface area (Å²) >= 11 is 0. The highest BCUT2D eigenvalue weighted by molar-refractivity contribution is 5.46. The third kappa shape index (κ3) is 3.32. The van der Waals surface area contributed by atoms with Crippen LogP contribution in [-0.2, 0) is 0 Å². The Morgan fingerprint density at radius 2 is 2.07 bits per heavy atom. The minimum Gasteiger partial charge on any atom is -0.382 e. The Morgan fingerprint density at radius 3 is 2.64 bits per heavy atom. The summed E-state index contributed by atoms with van der Waals surface area (Å²) in [5.74, 6) is -0.292. The maximum atomic E-state index is 12.9. The standard InChI is InChI=1S/C11H15F2N/c1-3-9(12)7-14-11-5-8(2)4-10(13)6-11/h4-6,9,14H,3,7H2,1-2H3. The largest absolute Gasteiger partial charge is 0.382 e. The second kappa shape index (κ2) is 4.94. The monoisotopic (exact) mass is 199 g/mol. The van der Waals surface area contributed by atoms with E-state index in [9.17, 15) is 8.78 Å². The lowest BCUT2D eigenvalue weighted by molar-refractivity contribution is 0.340. The van der Waals surface area contributed by atoms with Crippen LogP contribution in [-0.4, -0.2) is 12.7 Å². The zero-order valence-electron chi connectivity index (χ0n) is 8.48. The third-order valence-electron chi connectivity index (χ3n) is 2.01. The summed E-state index contributed by atoms with van der Waals surface area (Å²) in [7, 11) is 0. The van der Waals surface area contributed by atoms with Gasteiger partial charge in [0.15, 0.2) is 0 Å². The molecule has 1 nitrogen and oxygen atoms in total. The first-order valence-corrected chi connectivity index (χ1v) is 4.77. The molecule has 1 N–H and O–H groups in total. The molecule has 1 aromatic rings. The van der Waals surface area contributed by atoms with E-state index >= 15 is 0 Å². The highest BCUT2D eigenvalue weighted by Gasteiger charge is 2.03. The average molecular weight is 199 g/mol. The van der Waals surface area contributed by atoms with Gasteiger partial charge in [-0.2, -0.15) is 0 Å². The number of hydrogen-bond donors (Lipinski definition) is 1. The predicted molar refractivity (Wildman–Crippen MR) is 54.8 cm³/mol. The van der Waals surface area contributed by atoms with Gasteiger partial charge in [0.1, 0.15) is 12.0 Å². The number of anilines is 1. The van der Waals surface area contributed by atoms with Crippen molar-refractivity contribution in [2.24, 2.45) is 0 Å². The fourth-order valence-corrected chi connectivity index (χ4v) is 1.21. The zero-order chi connectivity index (χ0) is 10.6. The molecule has 0 spiro atoms. The second-order valence-corrected chi connectivity index (χ2v) is 3.40. The molecule has 1 unspecified atom stereocenters. The van der Waals surface area contributed by atoms with Gasteiger partial charge in [0.05, 0.1) is 0 Å². The number of benzene rings is 1. The molecule has 1 atom stereocenters. The Morgan fingerprint density at radius 1 is 1.36 bits per heavy atom. The molecular formula is C11H15F2N.